The van der Waals surface area contributed by atoms with E-state index in [0.29, 0.717) is 23.1 Å². The van der Waals surface area contributed by atoms with Gasteiger partial charge in [-0.1, -0.05) is 23.5 Å². The fourth-order valence-corrected chi connectivity index (χ4v) is 2.90. The Balaban J connectivity index is 1.38. The highest BCUT2D eigenvalue weighted by Gasteiger charge is 2.08. The molecule has 0 radical (unpaired) electrons. The Morgan fingerprint density at radius 1 is 1.16 bits per heavy atom. The lowest BCUT2D eigenvalue weighted by Gasteiger charge is -2.05. The molecule has 2 N–H and O–H groups in total. The maximum Gasteiger partial charge on any atom is 0.278 e. The molecule has 0 aliphatic carbocycles. The smallest absolute Gasteiger partial charge is 0.278 e. The Labute approximate surface area is 147 Å². The number of carbonyl (C=O) groups excluding carboxylic acids is 1. The first kappa shape index (κ1) is 15.3. The highest BCUT2D eigenvalue weighted by Crippen LogP contribution is 2.23. The van der Waals surface area contributed by atoms with Crippen LogP contribution in [0.5, 0.6) is 10.9 Å². The van der Waals surface area contributed by atoms with Crippen LogP contribution in [-0.4, -0.2) is 20.9 Å². The summed E-state index contributed by atoms with van der Waals surface area (Å²) in [6, 6.07) is 14.7. The van der Waals surface area contributed by atoms with Gasteiger partial charge in [0.1, 0.15) is 11.6 Å². The zero-order valence-corrected chi connectivity index (χ0v) is 13.9. The predicted molar refractivity (Wildman–Crippen MR) is 95.9 cm³/mol. The Bertz CT molecular complexity index is 961. The molecule has 0 saturated heterocycles. The van der Waals surface area contributed by atoms with Crippen molar-refractivity contribution in [2.45, 2.75) is 6.54 Å². The first-order valence-electron chi connectivity index (χ1n) is 7.67. The van der Waals surface area contributed by atoms with Gasteiger partial charge in [-0.2, -0.15) is 0 Å². The second kappa shape index (κ2) is 6.74. The maximum absolute atomic E-state index is 12.3. The summed E-state index contributed by atoms with van der Waals surface area (Å²) in [6.45, 7) is 0.338. The number of thiazole rings is 1. The minimum Gasteiger partial charge on any atom is -0.431 e. The van der Waals surface area contributed by atoms with Crippen molar-refractivity contribution in [1.29, 1.82) is 0 Å². The Morgan fingerprint density at radius 3 is 2.76 bits per heavy atom. The van der Waals surface area contributed by atoms with Crippen molar-refractivity contribution in [2.24, 2.45) is 0 Å². The molecule has 0 spiro atoms. The van der Waals surface area contributed by atoms with E-state index >= 15 is 0 Å². The van der Waals surface area contributed by atoms with Gasteiger partial charge in [-0.05, 0) is 36.4 Å². The molecule has 0 aliphatic heterocycles. The first-order valence-corrected chi connectivity index (χ1v) is 8.55. The van der Waals surface area contributed by atoms with Crippen LogP contribution in [0.1, 0.15) is 16.2 Å². The SMILES string of the molecule is O=C(NCc1nc2ccccc2[nH]1)c1ccc(Oc2nccs2)cc1. The molecule has 2 heterocycles. The number of nitrogens with one attached hydrogen (secondary N) is 2. The Morgan fingerprint density at radius 2 is 2.00 bits per heavy atom. The average Bonchev–Trinajstić information content (AvgIpc) is 3.29. The molecule has 4 aromatic rings. The van der Waals surface area contributed by atoms with Crippen LogP contribution in [-0.2, 0) is 6.54 Å². The van der Waals surface area contributed by atoms with Gasteiger partial charge in [0.2, 0.25) is 0 Å². The molecular weight excluding hydrogens is 336 g/mol. The quantitative estimate of drug-likeness (QED) is 0.574. The van der Waals surface area contributed by atoms with Crippen molar-refractivity contribution in [1.82, 2.24) is 20.3 Å². The molecule has 6 nitrogen and oxygen atoms in total. The van der Waals surface area contributed by atoms with Crippen LogP contribution in [0, 0.1) is 0 Å². The summed E-state index contributed by atoms with van der Waals surface area (Å²) in [4.78, 5) is 23.9. The number of rotatable bonds is 5. The molecule has 7 heteroatoms. The molecule has 0 saturated carbocycles. The number of aromatic nitrogens is 3. The van der Waals surface area contributed by atoms with Crippen LogP contribution in [0.15, 0.2) is 60.1 Å². The normalized spacial score (nSPS) is 10.7. The Kier molecular flexibility index (Phi) is 4.14. The van der Waals surface area contributed by atoms with Crippen LogP contribution in [0.25, 0.3) is 11.0 Å². The van der Waals surface area contributed by atoms with Gasteiger partial charge in [0.25, 0.3) is 11.1 Å². The zero-order valence-electron chi connectivity index (χ0n) is 13.1. The number of aromatic amines is 1. The third kappa shape index (κ3) is 3.51. The van der Waals surface area contributed by atoms with Gasteiger partial charge in [-0.15, -0.1) is 0 Å². The fraction of sp³-hybridized carbons (Fsp3) is 0.0556. The van der Waals surface area contributed by atoms with Gasteiger partial charge in [0.05, 0.1) is 17.6 Å². The van der Waals surface area contributed by atoms with Crippen LogP contribution in [0.4, 0.5) is 0 Å². The van der Waals surface area contributed by atoms with Crippen LogP contribution in [0.3, 0.4) is 0 Å². The van der Waals surface area contributed by atoms with E-state index in [1.807, 2.05) is 29.6 Å². The molecule has 0 fully saturated rings. The van der Waals surface area contributed by atoms with E-state index in [1.54, 1.807) is 30.5 Å². The summed E-state index contributed by atoms with van der Waals surface area (Å²) < 4.78 is 5.58. The number of imidazole rings is 1. The summed E-state index contributed by atoms with van der Waals surface area (Å²) in [6.07, 6.45) is 1.68. The number of para-hydroxylation sites is 2. The largest absolute Gasteiger partial charge is 0.431 e. The van der Waals surface area contributed by atoms with E-state index in [1.165, 1.54) is 11.3 Å². The van der Waals surface area contributed by atoms with E-state index in [2.05, 4.69) is 20.3 Å². The average molecular weight is 350 g/mol. The van der Waals surface area contributed by atoms with Crippen molar-refractivity contribution in [2.75, 3.05) is 0 Å². The molecule has 2 aromatic carbocycles. The van der Waals surface area contributed by atoms with Crippen LogP contribution in [0.2, 0.25) is 0 Å². The summed E-state index contributed by atoms with van der Waals surface area (Å²) >= 11 is 1.41. The molecule has 0 aliphatic rings. The zero-order chi connectivity index (χ0) is 17.1. The van der Waals surface area contributed by atoms with Crippen LogP contribution < -0.4 is 10.1 Å². The highest BCUT2D eigenvalue weighted by atomic mass is 32.1. The predicted octanol–water partition coefficient (Wildman–Crippen LogP) is 3.74. The van der Waals surface area contributed by atoms with E-state index in [-0.39, 0.29) is 5.91 Å². The molecule has 4 rings (SSSR count). The molecule has 0 atom stereocenters. The van der Waals surface area contributed by atoms with E-state index in [0.717, 1.165) is 16.9 Å². The van der Waals surface area contributed by atoms with Gasteiger partial charge in [0.15, 0.2) is 0 Å². The fourth-order valence-electron chi connectivity index (χ4n) is 2.39. The lowest BCUT2D eigenvalue weighted by Crippen LogP contribution is -2.23. The molecule has 0 unspecified atom stereocenters. The van der Waals surface area contributed by atoms with Crippen molar-refractivity contribution >= 4 is 28.3 Å². The number of H-pyrrole nitrogens is 1. The minimum absolute atomic E-state index is 0.166. The molecule has 0 bridgehead atoms. The molecular formula is C18H14N4O2S. The van der Waals surface area contributed by atoms with Crippen molar-refractivity contribution in [3.8, 4) is 10.9 Å². The minimum atomic E-state index is -0.166. The third-order valence-electron chi connectivity index (χ3n) is 3.59. The second-order valence-corrected chi connectivity index (χ2v) is 6.16. The third-order valence-corrected chi connectivity index (χ3v) is 4.23. The van der Waals surface area contributed by atoms with Crippen LogP contribution >= 0.6 is 11.3 Å². The first-order chi connectivity index (χ1) is 12.3. The van der Waals surface area contributed by atoms with Crippen molar-refractivity contribution in [3.63, 3.8) is 0 Å². The number of carbonyl (C=O) groups is 1. The van der Waals surface area contributed by atoms with Gasteiger partial charge in [0, 0.05) is 17.1 Å². The summed E-state index contributed by atoms with van der Waals surface area (Å²) in [7, 11) is 0. The lowest BCUT2D eigenvalue weighted by atomic mass is 10.2. The van der Waals surface area contributed by atoms with Gasteiger partial charge in [-0.25, -0.2) is 9.97 Å². The monoisotopic (exact) mass is 350 g/mol. The van der Waals surface area contributed by atoms with Gasteiger partial charge < -0.3 is 15.0 Å². The second-order valence-electron chi connectivity index (χ2n) is 5.31. The van der Waals surface area contributed by atoms with Crippen molar-refractivity contribution in [3.05, 3.63) is 71.5 Å². The number of hydrogen-bond acceptors (Lipinski definition) is 5. The number of nitrogens with zero attached hydrogens (tertiary/aromatic N) is 2. The summed E-state index contributed by atoms with van der Waals surface area (Å²) in [5, 5.41) is 5.27. The summed E-state index contributed by atoms with van der Waals surface area (Å²) in [5.74, 6) is 1.20. The van der Waals surface area contributed by atoms with E-state index in [4.69, 9.17) is 4.74 Å². The number of amides is 1. The Hall–Kier alpha value is -3.19. The summed E-state index contributed by atoms with van der Waals surface area (Å²) in [5.41, 5.74) is 2.40. The topological polar surface area (TPSA) is 79.9 Å². The molecule has 124 valence electrons. The number of fused-ring (bicyclic) bond motifs is 1. The molecule has 1 amide bonds. The van der Waals surface area contributed by atoms with E-state index < -0.39 is 0 Å². The lowest BCUT2D eigenvalue weighted by molar-refractivity contribution is 0.0950. The maximum atomic E-state index is 12.3. The standard InChI is InChI=1S/C18H14N4O2S/c23-17(20-11-16-21-14-3-1-2-4-15(14)22-16)12-5-7-13(8-6-12)24-18-19-9-10-25-18/h1-10H,11H2,(H,20,23)(H,21,22). The van der Waals surface area contributed by atoms with E-state index in [9.17, 15) is 4.79 Å². The van der Waals surface area contributed by atoms with Gasteiger partial charge >= 0.3 is 0 Å². The molecule has 25 heavy (non-hydrogen) atoms. The molecule has 2 aromatic heterocycles. The number of hydrogen-bond donors (Lipinski definition) is 2. The number of ether oxygens (including phenoxy) is 1. The van der Waals surface area contributed by atoms with Gasteiger partial charge in [-0.3, -0.25) is 4.79 Å². The van der Waals surface area contributed by atoms with Crippen molar-refractivity contribution < 1.29 is 9.53 Å². The number of benzene rings is 2. The highest BCUT2D eigenvalue weighted by molar-refractivity contribution is 7.11.